The van der Waals surface area contributed by atoms with Gasteiger partial charge in [0.2, 0.25) is 5.95 Å². The molecule has 4 nitrogen and oxygen atoms in total. The molecule has 1 N–H and O–H groups in total. The number of hydrogen-bond acceptors (Lipinski definition) is 5. The van der Waals surface area contributed by atoms with Gasteiger partial charge in [0.25, 0.3) is 0 Å². The van der Waals surface area contributed by atoms with E-state index in [0.717, 1.165) is 36.1 Å². The molecule has 128 valence electrons. The van der Waals surface area contributed by atoms with Crippen molar-refractivity contribution < 1.29 is 4.39 Å². The molecule has 1 atom stereocenters. The molecule has 0 amide bonds. The number of hydrogen-bond donors (Lipinski definition) is 1. The fourth-order valence-corrected chi connectivity index (χ4v) is 4.22. The Labute approximate surface area is 150 Å². The Morgan fingerprint density at radius 3 is 2.80 bits per heavy atom. The predicted octanol–water partition coefficient (Wildman–Crippen LogP) is 4.85. The quantitative estimate of drug-likeness (QED) is 0.730. The first kappa shape index (κ1) is 16.0. The van der Waals surface area contributed by atoms with Crippen molar-refractivity contribution in [3.63, 3.8) is 0 Å². The number of anilines is 3. The SMILES string of the molecule is Cc1cc(Nc2ccc(F)cc2)nc(N2CCc3ccsc3C2C)n1. The Kier molecular flexibility index (Phi) is 4.13. The second kappa shape index (κ2) is 6.44. The van der Waals surface area contributed by atoms with Crippen LogP contribution in [0.25, 0.3) is 0 Å². The van der Waals surface area contributed by atoms with Gasteiger partial charge in [-0.15, -0.1) is 11.3 Å². The molecule has 0 radical (unpaired) electrons. The largest absolute Gasteiger partial charge is 0.340 e. The van der Waals surface area contributed by atoms with Crippen LogP contribution in [0.1, 0.15) is 29.1 Å². The fraction of sp³-hybridized carbons (Fsp3) is 0.263. The summed E-state index contributed by atoms with van der Waals surface area (Å²) in [7, 11) is 0. The normalized spacial score (nSPS) is 16.6. The monoisotopic (exact) mass is 354 g/mol. The van der Waals surface area contributed by atoms with E-state index >= 15 is 0 Å². The average molecular weight is 354 g/mol. The molecule has 1 aliphatic heterocycles. The molecule has 0 saturated heterocycles. The summed E-state index contributed by atoms with van der Waals surface area (Å²) in [4.78, 5) is 13.0. The lowest BCUT2D eigenvalue weighted by Crippen LogP contribution is -2.34. The summed E-state index contributed by atoms with van der Waals surface area (Å²) in [6.07, 6.45) is 1.02. The number of nitrogens with one attached hydrogen (secondary N) is 1. The van der Waals surface area contributed by atoms with Crippen LogP contribution in [0, 0.1) is 12.7 Å². The second-order valence-corrected chi connectivity index (χ2v) is 7.20. The minimum atomic E-state index is -0.251. The third kappa shape index (κ3) is 3.22. The summed E-state index contributed by atoms with van der Waals surface area (Å²) >= 11 is 1.80. The number of aromatic nitrogens is 2. The van der Waals surface area contributed by atoms with Gasteiger partial charge in [-0.05, 0) is 61.5 Å². The number of benzene rings is 1. The fourth-order valence-electron chi connectivity index (χ4n) is 3.20. The zero-order valence-corrected chi connectivity index (χ0v) is 15.0. The molecule has 0 bridgehead atoms. The van der Waals surface area contributed by atoms with Crippen LogP contribution in [0.4, 0.5) is 21.8 Å². The molecule has 0 saturated carbocycles. The lowest BCUT2D eigenvalue weighted by atomic mass is 10.0. The number of nitrogens with zero attached hydrogens (tertiary/aromatic N) is 3. The van der Waals surface area contributed by atoms with Gasteiger partial charge in [-0.2, -0.15) is 4.98 Å². The lowest BCUT2D eigenvalue weighted by Gasteiger charge is -2.33. The van der Waals surface area contributed by atoms with Crippen LogP contribution in [-0.2, 0) is 6.42 Å². The van der Waals surface area contributed by atoms with Crippen molar-refractivity contribution in [1.82, 2.24) is 9.97 Å². The van der Waals surface area contributed by atoms with Crippen molar-refractivity contribution in [3.05, 3.63) is 63.7 Å². The average Bonchev–Trinajstić information content (AvgIpc) is 3.06. The molecular weight excluding hydrogens is 335 g/mol. The zero-order chi connectivity index (χ0) is 17.4. The van der Waals surface area contributed by atoms with E-state index < -0.39 is 0 Å². The van der Waals surface area contributed by atoms with Crippen LogP contribution < -0.4 is 10.2 Å². The van der Waals surface area contributed by atoms with E-state index in [4.69, 9.17) is 4.98 Å². The molecule has 3 aromatic rings. The van der Waals surface area contributed by atoms with E-state index in [9.17, 15) is 4.39 Å². The summed E-state index contributed by atoms with van der Waals surface area (Å²) in [5, 5.41) is 5.39. The van der Waals surface area contributed by atoms with E-state index in [1.807, 2.05) is 13.0 Å². The van der Waals surface area contributed by atoms with Gasteiger partial charge in [0.1, 0.15) is 11.6 Å². The molecule has 2 aromatic heterocycles. The number of thiophene rings is 1. The maximum absolute atomic E-state index is 13.1. The Bertz CT molecular complexity index is 891. The van der Waals surface area contributed by atoms with E-state index in [2.05, 4.69) is 33.6 Å². The molecule has 1 aromatic carbocycles. The van der Waals surface area contributed by atoms with Crippen LogP contribution >= 0.6 is 11.3 Å². The van der Waals surface area contributed by atoms with Crippen molar-refractivity contribution in [2.45, 2.75) is 26.3 Å². The number of aryl methyl sites for hydroxylation is 1. The van der Waals surface area contributed by atoms with Gasteiger partial charge in [-0.3, -0.25) is 0 Å². The molecule has 25 heavy (non-hydrogen) atoms. The third-order valence-electron chi connectivity index (χ3n) is 4.47. The van der Waals surface area contributed by atoms with Crippen molar-refractivity contribution in [2.75, 3.05) is 16.8 Å². The highest BCUT2D eigenvalue weighted by Gasteiger charge is 2.27. The van der Waals surface area contributed by atoms with E-state index in [1.54, 1.807) is 23.5 Å². The standard InChI is InChI=1S/C19H19FN4S/c1-12-11-17(22-16-5-3-15(20)4-6-16)23-19(21-12)24-9-7-14-8-10-25-18(14)13(24)2/h3-6,8,10-11,13H,7,9H2,1-2H3,(H,21,22,23). The summed E-state index contributed by atoms with van der Waals surface area (Å²) in [5.74, 6) is 1.20. The van der Waals surface area contributed by atoms with Gasteiger partial charge in [-0.25, -0.2) is 9.37 Å². The summed E-state index contributed by atoms with van der Waals surface area (Å²) in [5.41, 5.74) is 3.14. The Balaban J connectivity index is 1.63. The highest BCUT2D eigenvalue weighted by atomic mass is 32.1. The Morgan fingerprint density at radius 2 is 2.00 bits per heavy atom. The molecule has 6 heteroatoms. The van der Waals surface area contributed by atoms with Gasteiger partial charge in [0.15, 0.2) is 0 Å². The van der Waals surface area contributed by atoms with Gasteiger partial charge in [0, 0.05) is 28.9 Å². The van der Waals surface area contributed by atoms with Crippen molar-refractivity contribution in [1.29, 1.82) is 0 Å². The third-order valence-corrected chi connectivity index (χ3v) is 5.60. The Hall–Kier alpha value is -2.47. The summed E-state index contributed by atoms with van der Waals surface area (Å²) in [6.45, 7) is 5.07. The van der Waals surface area contributed by atoms with Crippen LogP contribution in [-0.4, -0.2) is 16.5 Å². The number of halogens is 1. The van der Waals surface area contributed by atoms with Gasteiger partial charge in [-0.1, -0.05) is 0 Å². The zero-order valence-electron chi connectivity index (χ0n) is 14.2. The molecule has 1 unspecified atom stereocenters. The molecule has 0 fully saturated rings. The van der Waals surface area contributed by atoms with E-state index in [1.165, 1.54) is 22.6 Å². The molecule has 0 aliphatic carbocycles. The topological polar surface area (TPSA) is 41.1 Å². The first-order valence-corrected chi connectivity index (χ1v) is 9.19. The van der Waals surface area contributed by atoms with Gasteiger partial charge >= 0.3 is 0 Å². The molecule has 0 spiro atoms. The number of rotatable bonds is 3. The molecule has 4 rings (SSSR count). The van der Waals surface area contributed by atoms with E-state index in [0.29, 0.717) is 0 Å². The van der Waals surface area contributed by atoms with Crippen LogP contribution in [0.2, 0.25) is 0 Å². The highest BCUT2D eigenvalue weighted by molar-refractivity contribution is 7.10. The highest BCUT2D eigenvalue weighted by Crippen LogP contribution is 2.35. The van der Waals surface area contributed by atoms with E-state index in [-0.39, 0.29) is 11.9 Å². The maximum Gasteiger partial charge on any atom is 0.228 e. The minimum Gasteiger partial charge on any atom is -0.340 e. The minimum absolute atomic E-state index is 0.251. The molecular formula is C19H19FN4S. The Morgan fingerprint density at radius 1 is 1.20 bits per heavy atom. The van der Waals surface area contributed by atoms with Crippen LogP contribution in [0.5, 0.6) is 0 Å². The summed E-state index contributed by atoms with van der Waals surface area (Å²) < 4.78 is 13.1. The van der Waals surface area contributed by atoms with Gasteiger partial charge in [0.05, 0.1) is 6.04 Å². The van der Waals surface area contributed by atoms with Gasteiger partial charge < -0.3 is 10.2 Å². The first-order valence-electron chi connectivity index (χ1n) is 8.31. The molecule has 1 aliphatic rings. The van der Waals surface area contributed by atoms with Crippen molar-refractivity contribution >= 4 is 28.8 Å². The predicted molar refractivity (Wildman–Crippen MR) is 100 cm³/mol. The smallest absolute Gasteiger partial charge is 0.228 e. The number of fused-ring (bicyclic) bond motifs is 1. The van der Waals surface area contributed by atoms with Crippen LogP contribution in [0.3, 0.4) is 0 Å². The molecule has 3 heterocycles. The summed E-state index contributed by atoms with van der Waals surface area (Å²) in [6, 6.07) is 10.7. The first-order chi connectivity index (χ1) is 12.1. The van der Waals surface area contributed by atoms with Crippen LogP contribution in [0.15, 0.2) is 41.8 Å². The maximum atomic E-state index is 13.1. The lowest BCUT2D eigenvalue weighted by molar-refractivity contribution is 0.619. The van der Waals surface area contributed by atoms with Crippen molar-refractivity contribution in [2.24, 2.45) is 0 Å². The second-order valence-electron chi connectivity index (χ2n) is 6.26. The van der Waals surface area contributed by atoms with Crippen molar-refractivity contribution in [3.8, 4) is 0 Å².